The first kappa shape index (κ1) is 15.8. The molecule has 4 nitrogen and oxygen atoms in total. The molecule has 0 aliphatic heterocycles. The van der Waals surface area contributed by atoms with Gasteiger partial charge in [-0.2, -0.15) is 16.4 Å². The third kappa shape index (κ3) is 2.98. The van der Waals surface area contributed by atoms with Gasteiger partial charge >= 0.3 is 0 Å². The molecule has 5 heteroatoms. The molecule has 0 radical (unpaired) electrons. The highest BCUT2D eigenvalue weighted by atomic mass is 32.1. The van der Waals surface area contributed by atoms with Gasteiger partial charge in [0.05, 0.1) is 17.3 Å². The maximum atomic E-state index is 12.2. The van der Waals surface area contributed by atoms with Crippen LogP contribution >= 0.6 is 11.3 Å². The molecule has 130 valence electrons. The van der Waals surface area contributed by atoms with E-state index in [0.29, 0.717) is 5.56 Å². The van der Waals surface area contributed by atoms with Gasteiger partial charge in [0.1, 0.15) is 0 Å². The molecule has 1 amide bonds. The number of aromatic amines is 1. The van der Waals surface area contributed by atoms with Gasteiger partial charge in [-0.25, -0.2) is 0 Å². The van der Waals surface area contributed by atoms with Crippen molar-refractivity contribution in [3.8, 4) is 11.1 Å². The maximum Gasteiger partial charge on any atom is 0.256 e. The van der Waals surface area contributed by atoms with Crippen LogP contribution in [0.1, 0.15) is 10.4 Å². The fraction of sp³-hybridized carbons (Fsp3) is 0. The molecular weight excluding hydrogens is 354 g/mol. The first-order valence-electron chi connectivity index (χ1n) is 8.57. The van der Waals surface area contributed by atoms with Crippen LogP contribution in [0.2, 0.25) is 0 Å². The number of H-pyrrole nitrogens is 1. The Bertz CT molecular complexity index is 1270. The topological polar surface area (TPSA) is 57.8 Å². The van der Waals surface area contributed by atoms with Crippen LogP contribution < -0.4 is 5.32 Å². The van der Waals surface area contributed by atoms with E-state index in [-0.39, 0.29) is 5.91 Å². The molecule has 27 heavy (non-hydrogen) atoms. The van der Waals surface area contributed by atoms with E-state index < -0.39 is 0 Å². The predicted molar refractivity (Wildman–Crippen MR) is 111 cm³/mol. The lowest BCUT2D eigenvalue weighted by atomic mass is 10.00. The van der Waals surface area contributed by atoms with Crippen molar-refractivity contribution in [3.05, 3.63) is 83.2 Å². The molecular formula is C22H15N3OS. The third-order valence-corrected chi connectivity index (χ3v) is 5.34. The van der Waals surface area contributed by atoms with Gasteiger partial charge in [-0.1, -0.05) is 24.3 Å². The number of anilines is 1. The zero-order chi connectivity index (χ0) is 18.2. The van der Waals surface area contributed by atoms with Gasteiger partial charge in [0, 0.05) is 16.5 Å². The summed E-state index contributed by atoms with van der Waals surface area (Å²) in [5.74, 6) is -0.0827. The molecule has 5 aromatic rings. The van der Waals surface area contributed by atoms with Crippen molar-refractivity contribution in [2.45, 2.75) is 0 Å². The van der Waals surface area contributed by atoms with E-state index in [0.717, 1.165) is 38.5 Å². The minimum absolute atomic E-state index is 0.0827. The average molecular weight is 369 g/mol. The summed E-state index contributed by atoms with van der Waals surface area (Å²) in [5.41, 5.74) is 4.82. The molecule has 2 heterocycles. The molecule has 0 spiro atoms. The molecule has 2 N–H and O–H groups in total. The Morgan fingerprint density at radius 1 is 0.889 bits per heavy atom. The molecule has 0 saturated carbocycles. The Kier molecular flexibility index (Phi) is 3.73. The van der Waals surface area contributed by atoms with Crippen LogP contribution in [0.25, 0.3) is 32.8 Å². The third-order valence-electron chi connectivity index (χ3n) is 4.66. The lowest BCUT2D eigenvalue weighted by molar-refractivity contribution is 0.102. The second-order valence-corrected chi connectivity index (χ2v) is 7.19. The quantitative estimate of drug-likeness (QED) is 0.429. The van der Waals surface area contributed by atoms with Crippen molar-refractivity contribution < 1.29 is 4.79 Å². The molecule has 0 saturated heterocycles. The highest BCUT2D eigenvalue weighted by Gasteiger charge is 2.07. The Morgan fingerprint density at radius 3 is 2.52 bits per heavy atom. The van der Waals surface area contributed by atoms with E-state index in [1.54, 1.807) is 0 Å². The van der Waals surface area contributed by atoms with Crippen molar-refractivity contribution in [3.63, 3.8) is 0 Å². The summed E-state index contributed by atoms with van der Waals surface area (Å²) in [6.45, 7) is 0. The molecule has 0 aliphatic carbocycles. The fourth-order valence-corrected chi connectivity index (χ4v) is 3.86. The second-order valence-electron chi connectivity index (χ2n) is 6.41. The van der Waals surface area contributed by atoms with Crippen LogP contribution in [0.15, 0.2) is 77.6 Å². The Morgan fingerprint density at radius 2 is 1.67 bits per heavy atom. The number of carbonyl (C=O) groups excluding carboxylic acids is 1. The fourth-order valence-electron chi connectivity index (χ4n) is 3.22. The molecule has 0 atom stereocenters. The van der Waals surface area contributed by atoms with Gasteiger partial charge in [0.2, 0.25) is 0 Å². The smallest absolute Gasteiger partial charge is 0.256 e. The van der Waals surface area contributed by atoms with Gasteiger partial charge in [-0.3, -0.25) is 9.89 Å². The summed E-state index contributed by atoms with van der Waals surface area (Å²) in [5, 5.41) is 17.1. The van der Waals surface area contributed by atoms with Crippen LogP contribution in [0.3, 0.4) is 0 Å². The molecule has 2 aromatic heterocycles. The Hall–Kier alpha value is -3.44. The second kappa shape index (κ2) is 6.37. The first-order chi connectivity index (χ1) is 13.3. The van der Waals surface area contributed by atoms with Crippen LogP contribution in [0, 0.1) is 0 Å². The number of thiophene rings is 1. The van der Waals surface area contributed by atoms with Crippen LogP contribution in [-0.4, -0.2) is 16.1 Å². The van der Waals surface area contributed by atoms with Crippen LogP contribution in [-0.2, 0) is 0 Å². The summed E-state index contributed by atoms with van der Waals surface area (Å²) in [7, 11) is 0. The number of rotatable bonds is 3. The van der Waals surface area contributed by atoms with Crippen molar-refractivity contribution in [1.82, 2.24) is 10.2 Å². The van der Waals surface area contributed by atoms with Crippen molar-refractivity contribution in [2.75, 3.05) is 5.32 Å². The number of aromatic nitrogens is 2. The van der Waals surface area contributed by atoms with E-state index in [4.69, 9.17) is 0 Å². The Labute approximate surface area is 159 Å². The van der Waals surface area contributed by atoms with Crippen LogP contribution in [0.5, 0.6) is 0 Å². The highest BCUT2D eigenvalue weighted by Crippen LogP contribution is 2.28. The number of carbonyl (C=O) groups is 1. The van der Waals surface area contributed by atoms with Crippen molar-refractivity contribution in [2.24, 2.45) is 0 Å². The summed E-state index contributed by atoms with van der Waals surface area (Å²) in [6.07, 6.45) is 1.84. The van der Waals surface area contributed by atoms with Gasteiger partial charge in [0.15, 0.2) is 0 Å². The van der Waals surface area contributed by atoms with Gasteiger partial charge < -0.3 is 5.32 Å². The summed E-state index contributed by atoms with van der Waals surface area (Å²) < 4.78 is 0. The lowest BCUT2D eigenvalue weighted by Gasteiger charge is -2.08. The summed E-state index contributed by atoms with van der Waals surface area (Å²) in [4.78, 5) is 12.2. The van der Waals surface area contributed by atoms with Gasteiger partial charge in [0.25, 0.3) is 5.91 Å². The summed E-state index contributed by atoms with van der Waals surface area (Å²) in [6, 6.07) is 20.4. The van der Waals surface area contributed by atoms with Crippen molar-refractivity contribution in [1.29, 1.82) is 0 Å². The molecule has 0 aliphatic rings. The standard InChI is InChI=1S/C22H15N3OS/c26-22(18-7-8-27-13-18)24-20-5-3-15-9-14(1-2-17(15)11-20)16-4-6-21-19(10-16)12-23-25-21/h1-13H,(H,23,25)(H,24,26). The van der Waals surface area contributed by atoms with E-state index in [1.165, 1.54) is 11.3 Å². The lowest BCUT2D eigenvalue weighted by Crippen LogP contribution is -2.10. The molecule has 0 fully saturated rings. The van der Waals surface area contributed by atoms with E-state index in [9.17, 15) is 4.79 Å². The number of benzene rings is 3. The van der Waals surface area contributed by atoms with Crippen LogP contribution in [0.4, 0.5) is 5.69 Å². The molecule has 5 rings (SSSR count). The number of nitrogens with zero attached hydrogens (tertiary/aromatic N) is 1. The zero-order valence-electron chi connectivity index (χ0n) is 14.3. The maximum absolute atomic E-state index is 12.2. The average Bonchev–Trinajstić information content (AvgIpc) is 3.38. The number of amides is 1. The minimum atomic E-state index is -0.0827. The van der Waals surface area contributed by atoms with E-state index in [2.05, 4.69) is 45.8 Å². The number of fused-ring (bicyclic) bond motifs is 2. The van der Waals surface area contributed by atoms with Crippen molar-refractivity contribution >= 4 is 44.6 Å². The highest BCUT2D eigenvalue weighted by molar-refractivity contribution is 7.08. The van der Waals surface area contributed by atoms with E-state index >= 15 is 0 Å². The number of hydrogen-bond donors (Lipinski definition) is 2. The molecule has 0 bridgehead atoms. The normalized spacial score (nSPS) is 11.1. The van der Waals surface area contributed by atoms with Gasteiger partial charge in [-0.05, 0) is 63.7 Å². The molecule has 0 unspecified atom stereocenters. The minimum Gasteiger partial charge on any atom is -0.322 e. The number of hydrogen-bond acceptors (Lipinski definition) is 3. The zero-order valence-corrected chi connectivity index (χ0v) is 15.1. The first-order valence-corrected chi connectivity index (χ1v) is 9.51. The predicted octanol–water partition coefficient (Wildman–Crippen LogP) is 5.70. The number of nitrogens with one attached hydrogen (secondary N) is 2. The van der Waals surface area contributed by atoms with Gasteiger partial charge in [-0.15, -0.1) is 0 Å². The molecule has 3 aromatic carbocycles. The monoisotopic (exact) mass is 369 g/mol. The largest absolute Gasteiger partial charge is 0.322 e. The SMILES string of the molecule is O=C(Nc1ccc2cc(-c3ccc4[nH]ncc4c3)ccc2c1)c1ccsc1. The van der Waals surface area contributed by atoms with E-state index in [1.807, 2.05) is 47.3 Å². The summed E-state index contributed by atoms with van der Waals surface area (Å²) >= 11 is 1.51. The Balaban J connectivity index is 1.46.